The van der Waals surface area contributed by atoms with E-state index in [-0.39, 0.29) is 19.0 Å². The van der Waals surface area contributed by atoms with Crippen molar-refractivity contribution in [3.63, 3.8) is 0 Å². The molecule has 5 heteroatoms. The molecule has 0 atom stereocenters. The fraction of sp³-hybridized carbons (Fsp3) is 0.455. The molecule has 1 aromatic carbocycles. The molecule has 0 bridgehead atoms. The Kier molecular flexibility index (Phi) is 5.18. The molecule has 1 rings (SSSR count). The van der Waals surface area contributed by atoms with Crippen LogP contribution in [0.1, 0.15) is 5.56 Å². The molecular weight excluding hydrogens is 211 g/mol. The lowest BCUT2D eigenvalue weighted by Crippen LogP contribution is -2.29. The van der Waals surface area contributed by atoms with Gasteiger partial charge in [0.2, 0.25) is 0 Å². The molecule has 0 aliphatic rings. The van der Waals surface area contributed by atoms with E-state index in [0.29, 0.717) is 25.3 Å². The molecule has 0 fully saturated rings. The predicted octanol–water partition coefficient (Wildman–Crippen LogP) is 0.195. The van der Waals surface area contributed by atoms with Crippen molar-refractivity contribution >= 4 is 5.69 Å². The maximum atomic E-state index is 12.8. The fourth-order valence-corrected chi connectivity index (χ4v) is 1.50. The van der Waals surface area contributed by atoms with Gasteiger partial charge in [-0.1, -0.05) is 6.07 Å². The number of rotatable bonds is 6. The van der Waals surface area contributed by atoms with Gasteiger partial charge in [-0.2, -0.15) is 0 Å². The smallest absolute Gasteiger partial charge is 0.125 e. The summed E-state index contributed by atoms with van der Waals surface area (Å²) in [5.74, 6) is -0.364. The fourth-order valence-electron chi connectivity index (χ4n) is 1.50. The summed E-state index contributed by atoms with van der Waals surface area (Å²) in [5.41, 5.74) is 6.85. The van der Waals surface area contributed by atoms with Gasteiger partial charge in [0.05, 0.1) is 13.2 Å². The minimum Gasteiger partial charge on any atom is -0.398 e. The molecule has 0 aliphatic heterocycles. The van der Waals surface area contributed by atoms with Crippen molar-refractivity contribution in [1.29, 1.82) is 0 Å². The molecule has 0 heterocycles. The molecule has 0 aromatic heterocycles. The van der Waals surface area contributed by atoms with E-state index in [1.807, 2.05) is 4.90 Å². The van der Waals surface area contributed by atoms with Crippen LogP contribution in [-0.4, -0.2) is 41.4 Å². The highest BCUT2D eigenvalue weighted by Crippen LogP contribution is 2.15. The van der Waals surface area contributed by atoms with Gasteiger partial charge in [0.1, 0.15) is 5.82 Å². The van der Waals surface area contributed by atoms with Crippen LogP contribution in [-0.2, 0) is 6.54 Å². The zero-order chi connectivity index (χ0) is 12.0. The highest BCUT2D eigenvalue weighted by Gasteiger charge is 2.07. The van der Waals surface area contributed by atoms with Gasteiger partial charge >= 0.3 is 0 Å². The van der Waals surface area contributed by atoms with Gasteiger partial charge in [0, 0.05) is 25.3 Å². The maximum absolute atomic E-state index is 12.8. The first-order chi connectivity index (χ1) is 7.67. The normalized spacial score (nSPS) is 11.0. The van der Waals surface area contributed by atoms with E-state index in [1.54, 1.807) is 6.07 Å². The van der Waals surface area contributed by atoms with Crippen molar-refractivity contribution in [3.05, 3.63) is 29.6 Å². The molecule has 90 valence electrons. The highest BCUT2D eigenvalue weighted by molar-refractivity contribution is 5.46. The third kappa shape index (κ3) is 3.77. The van der Waals surface area contributed by atoms with Crippen LogP contribution in [0, 0.1) is 5.82 Å². The number of anilines is 1. The molecule has 0 unspecified atom stereocenters. The second kappa shape index (κ2) is 6.42. The molecular formula is C11H17FN2O2. The molecule has 0 saturated carbocycles. The number of aliphatic hydroxyl groups excluding tert-OH is 2. The van der Waals surface area contributed by atoms with Gasteiger partial charge in [-0.25, -0.2) is 4.39 Å². The van der Waals surface area contributed by atoms with Crippen LogP contribution in [0.5, 0.6) is 0 Å². The van der Waals surface area contributed by atoms with Crippen molar-refractivity contribution in [1.82, 2.24) is 4.90 Å². The van der Waals surface area contributed by atoms with E-state index in [1.165, 1.54) is 12.1 Å². The SMILES string of the molecule is Nc1cc(F)ccc1CN(CCO)CCO. The van der Waals surface area contributed by atoms with Crippen LogP contribution in [0.25, 0.3) is 0 Å². The van der Waals surface area contributed by atoms with Gasteiger partial charge in [-0.15, -0.1) is 0 Å². The molecule has 0 spiro atoms. The van der Waals surface area contributed by atoms with Gasteiger partial charge in [-0.3, -0.25) is 4.90 Å². The van der Waals surface area contributed by atoms with Crippen LogP contribution in [0.3, 0.4) is 0 Å². The van der Waals surface area contributed by atoms with Crippen LogP contribution in [0.2, 0.25) is 0 Å². The Labute approximate surface area is 94.1 Å². The van der Waals surface area contributed by atoms with Gasteiger partial charge < -0.3 is 15.9 Å². The van der Waals surface area contributed by atoms with E-state index < -0.39 is 0 Å². The number of halogens is 1. The number of benzene rings is 1. The second-order valence-electron chi connectivity index (χ2n) is 3.57. The minimum absolute atomic E-state index is 0.0150. The average Bonchev–Trinajstić information content (AvgIpc) is 2.23. The summed E-state index contributed by atoms with van der Waals surface area (Å²) in [7, 11) is 0. The lowest BCUT2D eigenvalue weighted by molar-refractivity contribution is 0.156. The van der Waals surface area contributed by atoms with E-state index in [9.17, 15) is 4.39 Å². The number of hydrogen-bond acceptors (Lipinski definition) is 4. The number of aliphatic hydroxyl groups is 2. The monoisotopic (exact) mass is 228 g/mol. The standard InChI is InChI=1S/C11H17FN2O2/c12-10-2-1-9(11(13)7-10)8-14(3-5-15)4-6-16/h1-2,7,15-16H,3-6,8,13H2. The van der Waals surface area contributed by atoms with E-state index in [2.05, 4.69) is 0 Å². The van der Waals surface area contributed by atoms with Crippen LogP contribution >= 0.6 is 0 Å². The lowest BCUT2D eigenvalue weighted by Gasteiger charge is -2.20. The van der Waals surface area contributed by atoms with Gasteiger partial charge in [0.15, 0.2) is 0 Å². The quantitative estimate of drug-likeness (QED) is 0.608. The van der Waals surface area contributed by atoms with E-state index >= 15 is 0 Å². The van der Waals surface area contributed by atoms with E-state index in [0.717, 1.165) is 5.56 Å². The predicted molar refractivity (Wildman–Crippen MR) is 60.3 cm³/mol. The van der Waals surface area contributed by atoms with Crippen molar-refractivity contribution in [2.24, 2.45) is 0 Å². The van der Waals surface area contributed by atoms with Crippen molar-refractivity contribution < 1.29 is 14.6 Å². The molecule has 0 amide bonds. The molecule has 0 aliphatic carbocycles. The summed E-state index contributed by atoms with van der Waals surface area (Å²) >= 11 is 0. The Hall–Kier alpha value is -1.17. The number of hydrogen-bond donors (Lipinski definition) is 3. The molecule has 0 saturated heterocycles. The lowest BCUT2D eigenvalue weighted by atomic mass is 10.1. The number of nitrogens with zero attached hydrogens (tertiary/aromatic N) is 1. The third-order valence-corrected chi connectivity index (χ3v) is 2.33. The van der Waals surface area contributed by atoms with Crippen LogP contribution in [0.15, 0.2) is 18.2 Å². The zero-order valence-electron chi connectivity index (χ0n) is 9.06. The summed E-state index contributed by atoms with van der Waals surface area (Å²) in [6.45, 7) is 1.43. The Morgan fingerprint density at radius 1 is 1.19 bits per heavy atom. The minimum atomic E-state index is -0.364. The number of nitrogen functional groups attached to an aromatic ring is 1. The molecule has 1 aromatic rings. The maximum Gasteiger partial charge on any atom is 0.125 e. The number of nitrogens with two attached hydrogens (primary N) is 1. The topological polar surface area (TPSA) is 69.7 Å². The van der Waals surface area contributed by atoms with Crippen LogP contribution in [0.4, 0.5) is 10.1 Å². The third-order valence-electron chi connectivity index (χ3n) is 2.33. The average molecular weight is 228 g/mol. The van der Waals surface area contributed by atoms with Crippen molar-refractivity contribution in [2.75, 3.05) is 32.0 Å². The first-order valence-corrected chi connectivity index (χ1v) is 5.15. The Bertz CT molecular complexity index is 328. The Morgan fingerprint density at radius 2 is 1.81 bits per heavy atom. The largest absolute Gasteiger partial charge is 0.398 e. The van der Waals surface area contributed by atoms with Gasteiger partial charge in [0.25, 0.3) is 0 Å². The molecule has 0 radical (unpaired) electrons. The first-order valence-electron chi connectivity index (χ1n) is 5.15. The first kappa shape index (κ1) is 12.9. The molecule has 16 heavy (non-hydrogen) atoms. The highest BCUT2D eigenvalue weighted by atomic mass is 19.1. The Balaban J connectivity index is 2.68. The van der Waals surface area contributed by atoms with Crippen LogP contribution < -0.4 is 5.73 Å². The van der Waals surface area contributed by atoms with Crippen molar-refractivity contribution in [3.8, 4) is 0 Å². The zero-order valence-corrected chi connectivity index (χ0v) is 9.06. The summed E-state index contributed by atoms with van der Waals surface area (Å²) in [6, 6.07) is 4.24. The van der Waals surface area contributed by atoms with Gasteiger partial charge in [-0.05, 0) is 17.7 Å². The molecule has 4 N–H and O–H groups in total. The summed E-state index contributed by atoms with van der Waals surface area (Å²) in [4.78, 5) is 1.85. The Morgan fingerprint density at radius 3 is 2.31 bits per heavy atom. The molecule has 4 nitrogen and oxygen atoms in total. The second-order valence-corrected chi connectivity index (χ2v) is 3.57. The summed E-state index contributed by atoms with van der Waals surface area (Å²) in [5, 5.41) is 17.7. The van der Waals surface area contributed by atoms with E-state index in [4.69, 9.17) is 15.9 Å². The van der Waals surface area contributed by atoms with Crippen molar-refractivity contribution in [2.45, 2.75) is 6.54 Å². The summed E-state index contributed by atoms with van der Waals surface area (Å²) < 4.78 is 12.8. The summed E-state index contributed by atoms with van der Waals surface area (Å²) in [6.07, 6.45) is 0.